The SMILES string of the molecule is CC(CCN(C)C)NC(=O)c1cccs1. The van der Waals surface area contributed by atoms with E-state index in [1.54, 1.807) is 0 Å². The summed E-state index contributed by atoms with van der Waals surface area (Å²) in [4.78, 5) is 14.5. The molecule has 0 aliphatic rings. The standard InChI is InChI=1S/C11H18N2OS/c1-9(6-7-13(2)3)12-11(14)10-5-4-8-15-10/h4-5,8-9H,6-7H2,1-3H3,(H,12,14). The summed E-state index contributed by atoms with van der Waals surface area (Å²) in [6, 6.07) is 3.96. The van der Waals surface area contributed by atoms with Gasteiger partial charge in [0.2, 0.25) is 0 Å². The number of carbonyl (C=O) groups excluding carboxylic acids is 1. The minimum absolute atomic E-state index is 0.0382. The zero-order chi connectivity index (χ0) is 11.3. The predicted octanol–water partition coefficient (Wildman–Crippen LogP) is 1.82. The van der Waals surface area contributed by atoms with E-state index in [2.05, 4.69) is 10.2 Å². The van der Waals surface area contributed by atoms with E-state index in [-0.39, 0.29) is 11.9 Å². The van der Waals surface area contributed by atoms with Crippen LogP contribution in [0, 0.1) is 0 Å². The third kappa shape index (κ3) is 4.44. The summed E-state index contributed by atoms with van der Waals surface area (Å²) < 4.78 is 0. The molecule has 84 valence electrons. The molecule has 0 aliphatic heterocycles. The van der Waals surface area contributed by atoms with Crippen LogP contribution in [0.15, 0.2) is 17.5 Å². The molecule has 0 radical (unpaired) electrons. The smallest absolute Gasteiger partial charge is 0.261 e. The maximum absolute atomic E-state index is 11.6. The molecule has 0 aliphatic carbocycles. The van der Waals surface area contributed by atoms with E-state index in [9.17, 15) is 4.79 Å². The number of thiophene rings is 1. The summed E-state index contributed by atoms with van der Waals surface area (Å²) in [5, 5.41) is 4.90. The van der Waals surface area contributed by atoms with E-state index in [1.807, 2.05) is 38.5 Å². The van der Waals surface area contributed by atoms with Crippen LogP contribution in [0.4, 0.5) is 0 Å². The maximum atomic E-state index is 11.6. The fraction of sp³-hybridized carbons (Fsp3) is 0.545. The molecule has 0 aromatic carbocycles. The molecule has 1 rings (SSSR count). The molecule has 1 amide bonds. The van der Waals surface area contributed by atoms with Crippen molar-refractivity contribution in [1.29, 1.82) is 0 Å². The molecule has 0 bridgehead atoms. The molecule has 15 heavy (non-hydrogen) atoms. The van der Waals surface area contributed by atoms with Gasteiger partial charge >= 0.3 is 0 Å². The summed E-state index contributed by atoms with van der Waals surface area (Å²) in [6.07, 6.45) is 0.976. The number of hydrogen-bond donors (Lipinski definition) is 1. The Labute approximate surface area is 95.1 Å². The summed E-state index contributed by atoms with van der Waals surface area (Å²) in [5.41, 5.74) is 0. The van der Waals surface area contributed by atoms with Crippen LogP contribution in [0.25, 0.3) is 0 Å². The van der Waals surface area contributed by atoms with E-state index in [0.29, 0.717) is 0 Å². The first-order valence-electron chi connectivity index (χ1n) is 5.08. The number of nitrogens with one attached hydrogen (secondary N) is 1. The summed E-state index contributed by atoms with van der Waals surface area (Å²) >= 11 is 1.47. The highest BCUT2D eigenvalue weighted by Gasteiger charge is 2.10. The first-order valence-corrected chi connectivity index (χ1v) is 5.96. The zero-order valence-corrected chi connectivity index (χ0v) is 10.3. The molecule has 1 atom stereocenters. The van der Waals surface area contributed by atoms with Crippen LogP contribution in [0.3, 0.4) is 0 Å². The van der Waals surface area contributed by atoms with Gasteiger partial charge in [0.05, 0.1) is 4.88 Å². The Morgan fingerprint density at radius 1 is 1.60 bits per heavy atom. The molecular formula is C11H18N2OS. The van der Waals surface area contributed by atoms with Crippen LogP contribution in [0.1, 0.15) is 23.0 Å². The molecule has 0 saturated heterocycles. The van der Waals surface area contributed by atoms with Crippen molar-refractivity contribution in [3.8, 4) is 0 Å². The van der Waals surface area contributed by atoms with Crippen molar-refractivity contribution in [3.63, 3.8) is 0 Å². The van der Waals surface area contributed by atoms with E-state index in [0.717, 1.165) is 17.8 Å². The third-order valence-corrected chi connectivity index (χ3v) is 3.00. The van der Waals surface area contributed by atoms with Crippen LogP contribution in [-0.2, 0) is 0 Å². The van der Waals surface area contributed by atoms with Crippen molar-refractivity contribution >= 4 is 17.2 Å². The molecule has 3 nitrogen and oxygen atoms in total. The molecule has 0 saturated carbocycles. The molecule has 0 spiro atoms. The Balaban J connectivity index is 2.32. The second-order valence-corrected chi connectivity index (χ2v) is 4.89. The first-order chi connectivity index (χ1) is 7.09. The van der Waals surface area contributed by atoms with Crippen LogP contribution in [0.2, 0.25) is 0 Å². The lowest BCUT2D eigenvalue weighted by atomic mass is 10.2. The first kappa shape index (κ1) is 12.2. The second kappa shape index (κ2) is 5.88. The van der Waals surface area contributed by atoms with Crippen molar-refractivity contribution in [1.82, 2.24) is 10.2 Å². The number of nitrogens with zero attached hydrogens (tertiary/aromatic N) is 1. The van der Waals surface area contributed by atoms with Crippen LogP contribution < -0.4 is 5.32 Å². The minimum atomic E-state index is 0.0382. The van der Waals surface area contributed by atoms with Gasteiger partial charge in [0, 0.05) is 6.04 Å². The average molecular weight is 226 g/mol. The van der Waals surface area contributed by atoms with Crippen molar-refractivity contribution in [2.24, 2.45) is 0 Å². The van der Waals surface area contributed by atoms with E-state index < -0.39 is 0 Å². The van der Waals surface area contributed by atoms with Crippen molar-refractivity contribution in [2.45, 2.75) is 19.4 Å². The van der Waals surface area contributed by atoms with E-state index in [1.165, 1.54) is 11.3 Å². The van der Waals surface area contributed by atoms with E-state index >= 15 is 0 Å². The van der Waals surface area contributed by atoms with Gasteiger partial charge in [-0.25, -0.2) is 0 Å². The highest BCUT2D eigenvalue weighted by molar-refractivity contribution is 7.12. The molecule has 1 unspecified atom stereocenters. The minimum Gasteiger partial charge on any atom is -0.349 e. The van der Waals surface area contributed by atoms with Crippen molar-refractivity contribution in [2.75, 3.05) is 20.6 Å². The fourth-order valence-electron chi connectivity index (χ4n) is 1.23. The number of rotatable bonds is 5. The van der Waals surface area contributed by atoms with Crippen LogP contribution in [-0.4, -0.2) is 37.5 Å². The largest absolute Gasteiger partial charge is 0.349 e. The maximum Gasteiger partial charge on any atom is 0.261 e. The normalized spacial score (nSPS) is 12.8. The molecule has 1 aromatic rings. The highest BCUT2D eigenvalue weighted by atomic mass is 32.1. The molecule has 0 fully saturated rings. The monoisotopic (exact) mass is 226 g/mol. The predicted molar refractivity (Wildman–Crippen MR) is 64.4 cm³/mol. The Kier molecular flexibility index (Phi) is 4.78. The van der Waals surface area contributed by atoms with Gasteiger partial charge in [-0.2, -0.15) is 0 Å². The van der Waals surface area contributed by atoms with Crippen LogP contribution in [0.5, 0.6) is 0 Å². The topological polar surface area (TPSA) is 32.3 Å². The van der Waals surface area contributed by atoms with Crippen LogP contribution >= 0.6 is 11.3 Å². The number of amides is 1. The molecule has 1 N–H and O–H groups in total. The van der Waals surface area contributed by atoms with Crippen molar-refractivity contribution in [3.05, 3.63) is 22.4 Å². The molecule has 1 aromatic heterocycles. The lowest BCUT2D eigenvalue weighted by Gasteiger charge is -2.16. The average Bonchev–Trinajstić information content (AvgIpc) is 2.67. The Morgan fingerprint density at radius 3 is 2.87 bits per heavy atom. The zero-order valence-electron chi connectivity index (χ0n) is 9.49. The van der Waals surface area contributed by atoms with E-state index in [4.69, 9.17) is 0 Å². The molecular weight excluding hydrogens is 208 g/mol. The third-order valence-electron chi connectivity index (χ3n) is 2.13. The quantitative estimate of drug-likeness (QED) is 0.830. The fourth-order valence-corrected chi connectivity index (χ4v) is 1.85. The Morgan fingerprint density at radius 2 is 2.33 bits per heavy atom. The summed E-state index contributed by atoms with van der Waals surface area (Å²) in [6.45, 7) is 3.03. The van der Waals surface area contributed by atoms with Gasteiger partial charge < -0.3 is 10.2 Å². The summed E-state index contributed by atoms with van der Waals surface area (Å²) in [5.74, 6) is 0.0382. The molecule has 4 heteroatoms. The number of carbonyl (C=O) groups is 1. The van der Waals surface area contributed by atoms with Crippen molar-refractivity contribution < 1.29 is 4.79 Å². The highest BCUT2D eigenvalue weighted by Crippen LogP contribution is 2.08. The lowest BCUT2D eigenvalue weighted by Crippen LogP contribution is -2.34. The lowest BCUT2D eigenvalue weighted by molar-refractivity contribution is 0.0941. The van der Waals surface area contributed by atoms with Gasteiger partial charge in [-0.15, -0.1) is 11.3 Å². The van der Waals surface area contributed by atoms with Gasteiger partial charge in [-0.1, -0.05) is 6.07 Å². The second-order valence-electron chi connectivity index (χ2n) is 3.94. The number of hydrogen-bond acceptors (Lipinski definition) is 3. The van der Waals surface area contributed by atoms with Gasteiger partial charge in [0.1, 0.15) is 0 Å². The molecule has 1 heterocycles. The Bertz CT molecular complexity index is 296. The van der Waals surface area contributed by atoms with Gasteiger partial charge in [-0.05, 0) is 45.4 Å². The van der Waals surface area contributed by atoms with Gasteiger partial charge in [0.25, 0.3) is 5.91 Å². The Hall–Kier alpha value is -0.870. The summed E-state index contributed by atoms with van der Waals surface area (Å²) in [7, 11) is 4.07. The van der Waals surface area contributed by atoms with Gasteiger partial charge in [0.15, 0.2) is 0 Å². The van der Waals surface area contributed by atoms with Gasteiger partial charge in [-0.3, -0.25) is 4.79 Å².